The van der Waals surface area contributed by atoms with Crippen LogP contribution in [-0.2, 0) is 13.0 Å². The van der Waals surface area contributed by atoms with Crippen LogP contribution in [0.4, 0.5) is 0 Å². The first-order valence-electron chi connectivity index (χ1n) is 14.3. The number of aryl methyl sites for hydroxylation is 2. The van der Waals surface area contributed by atoms with Gasteiger partial charge in [-0.2, -0.15) is 0 Å². The summed E-state index contributed by atoms with van der Waals surface area (Å²) in [7, 11) is 0. The summed E-state index contributed by atoms with van der Waals surface area (Å²) in [5.41, 5.74) is 11.8. The molecule has 2 aromatic heterocycles. The molecule has 2 aromatic rings. The zero-order valence-electron chi connectivity index (χ0n) is 24.1. The first-order valence-corrected chi connectivity index (χ1v) is 15.1. The molecule has 1 aliphatic carbocycles. The van der Waals surface area contributed by atoms with Gasteiger partial charge in [0.1, 0.15) is 0 Å². The highest BCUT2D eigenvalue weighted by Gasteiger charge is 2.34. The molecule has 1 amide bonds. The van der Waals surface area contributed by atoms with E-state index in [1.54, 1.807) is 0 Å². The number of thiophene rings is 1. The monoisotopic (exact) mass is 538 g/mol. The highest BCUT2D eigenvalue weighted by atomic mass is 32.1. The van der Waals surface area contributed by atoms with Gasteiger partial charge in [0.15, 0.2) is 0 Å². The van der Waals surface area contributed by atoms with Crippen molar-refractivity contribution in [3.05, 3.63) is 65.9 Å². The van der Waals surface area contributed by atoms with Crippen LogP contribution in [0.15, 0.2) is 22.6 Å². The van der Waals surface area contributed by atoms with Gasteiger partial charge in [-0.25, -0.2) is 0 Å². The molecule has 1 fully saturated rings. The molecule has 7 heteroatoms. The Labute approximate surface area is 232 Å². The summed E-state index contributed by atoms with van der Waals surface area (Å²) in [5, 5.41) is 3.50. The summed E-state index contributed by atoms with van der Waals surface area (Å²) in [6.07, 6.45) is 9.09. The number of rotatable bonds is 9. The summed E-state index contributed by atoms with van der Waals surface area (Å²) in [6, 6.07) is 2.33. The van der Waals surface area contributed by atoms with Gasteiger partial charge in [-0.1, -0.05) is 25.3 Å². The number of fused-ring (bicyclic) bond motifs is 1. The fourth-order valence-electron chi connectivity index (χ4n) is 6.46. The van der Waals surface area contributed by atoms with Crippen molar-refractivity contribution in [3.8, 4) is 0 Å². The van der Waals surface area contributed by atoms with Crippen molar-refractivity contribution < 1.29 is 4.79 Å². The molecule has 1 unspecified atom stereocenters. The van der Waals surface area contributed by atoms with Crippen LogP contribution in [0.25, 0.3) is 0 Å². The van der Waals surface area contributed by atoms with Crippen molar-refractivity contribution in [1.82, 2.24) is 15.2 Å². The Hall–Kier alpha value is -2.38. The first kappa shape index (κ1) is 28.6. The van der Waals surface area contributed by atoms with Crippen LogP contribution in [-0.4, -0.2) is 34.9 Å². The summed E-state index contributed by atoms with van der Waals surface area (Å²) in [6.45, 7) is 14.3. The Kier molecular flexibility index (Phi) is 9.19. The maximum absolute atomic E-state index is 13.6. The zero-order valence-corrected chi connectivity index (χ0v) is 24.9. The van der Waals surface area contributed by atoms with E-state index in [9.17, 15) is 9.59 Å². The Morgan fingerprint density at radius 3 is 2.55 bits per heavy atom. The van der Waals surface area contributed by atoms with E-state index >= 15 is 0 Å². The fraction of sp³-hybridized carbons (Fsp3) is 0.613. The number of nitrogens with two attached hydrogens (primary N) is 1. The van der Waals surface area contributed by atoms with E-state index in [1.807, 2.05) is 36.2 Å². The smallest absolute Gasteiger partial charge is 0.255 e. The molecule has 3 heterocycles. The number of hydrogen-bond acceptors (Lipinski definition) is 5. The largest absolute Gasteiger partial charge is 0.387 e. The molecule has 38 heavy (non-hydrogen) atoms. The Morgan fingerprint density at radius 2 is 1.92 bits per heavy atom. The van der Waals surface area contributed by atoms with Crippen molar-refractivity contribution in [3.63, 3.8) is 0 Å². The number of amides is 1. The van der Waals surface area contributed by atoms with Crippen LogP contribution >= 0.6 is 11.3 Å². The van der Waals surface area contributed by atoms with Crippen LogP contribution in [0.3, 0.4) is 0 Å². The van der Waals surface area contributed by atoms with E-state index in [1.165, 1.54) is 41.0 Å². The van der Waals surface area contributed by atoms with Crippen molar-refractivity contribution in [1.29, 1.82) is 0 Å². The number of aromatic nitrogens is 1. The van der Waals surface area contributed by atoms with Crippen LogP contribution in [0.1, 0.15) is 101 Å². The third-order valence-corrected chi connectivity index (χ3v) is 10.3. The third-order valence-electron chi connectivity index (χ3n) is 8.73. The lowest BCUT2D eigenvalue weighted by molar-refractivity contribution is 0.0727. The average Bonchev–Trinajstić information content (AvgIpc) is 3.21. The quantitative estimate of drug-likeness (QED) is 0.382. The second kappa shape index (κ2) is 12.2. The highest BCUT2D eigenvalue weighted by Crippen LogP contribution is 2.44. The number of H-pyrrole nitrogens is 1. The van der Waals surface area contributed by atoms with Crippen molar-refractivity contribution >= 4 is 17.2 Å². The van der Waals surface area contributed by atoms with Crippen LogP contribution in [0.2, 0.25) is 0 Å². The van der Waals surface area contributed by atoms with E-state index < -0.39 is 0 Å². The minimum Gasteiger partial charge on any atom is -0.387 e. The number of pyridine rings is 1. The van der Waals surface area contributed by atoms with Crippen molar-refractivity contribution in [2.45, 2.75) is 98.6 Å². The first-order chi connectivity index (χ1) is 18.1. The lowest BCUT2D eigenvalue weighted by Gasteiger charge is -2.34. The van der Waals surface area contributed by atoms with Gasteiger partial charge in [0.05, 0.1) is 12.1 Å². The Balaban J connectivity index is 1.41. The molecule has 2 aliphatic rings. The SMILES string of the molecule is CC(C)=CNC(CN)CC1CCC([C@@H](C)c2sc3c(c2C)C(=O)N(Cc2c(C)cc(C)[nH]c2=O)CC3)CC1. The standard InChI is InChI=1S/C31H46N4O2S/c1-18(2)16-33-25(15-32)14-23-7-9-24(10-8-23)21(5)29-22(6)28-27(38-29)11-12-35(31(28)37)17-26-19(3)13-20(4)34-30(26)36/h13,16,21,23-25,33H,7-12,14-15,17,32H2,1-6H3,(H,34,36)/t21-,23?,24?,25?/m1/s1. The van der Waals surface area contributed by atoms with E-state index in [0.29, 0.717) is 43.1 Å². The molecule has 4 N–H and O–H groups in total. The summed E-state index contributed by atoms with van der Waals surface area (Å²) in [4.78, 5) is 33.6. The lowest BCUT2D eigenvalue weighted by atomic mass is 9.74. The molecule has 1 saturated carbocycles. The summed E-state index contributed by atoms with van der Waals surface area (Å²) < 4.78 is 0. The molecule has 0 spiro atoms. The molecule has 2 atom stereocenters. The second-order valence-corrected chi connectivity index (χ2v) is 13.1. The lowest BCUT2D eigenvalue weighted by Crippen LogP contribution is -2.38. The third kappa shape index (κ3) is 6.26. The molecule has 208 valence electrons. The number of aromatic amines is 1. The Morgan fingerprint density at radius 1 is 1.21 bits per heavy atom. The number of nitrogens with zero attached hydrogens (tertiary/aromatic N) is 1. The van der Waals surface area contributed by atoms with Gasteiger partial charge < -0.3 is 20.9 Å². The molecule has 0 radical (unpaired) electrons. The highest BCUT2D eigenvalue weighted by molar-refractivity contribution is 7.12. The predicted molar refractivity (Wildman–Crippen MR) is 158 cm³/mol. The molecule has 1 aliphatic heterocycles. The number of nitrogens with one attached hydrogen (secondary N) is 2. The maximum atomic E-state index is 13.6. The number of hydrogen-bond donors (Lipinski definition) is 3. The molecule has 6 nitrogen and oxygen atoms in total. The molecule has 4 rings (SSSR count). The Bertz CT molecular complexity index is 1230. The van der Waals surface area contributed by atoms with Gasteiger partial charge in [-0.15, -0.1) is 11.3 Å². The van der Waals surface area contributed by atoms with E-state index in [0.717, 1.165) is 41.1 Å². The molecule has 0 saturated heterocycles. The van der Waals surface area contributed by atoms with Crippen molar-refractivity contribution in [2.75, 3.05) is 13.1 Å². The zero-order chi connectivity index (χ0) is 27.6. The topological polar surface area (TPSA) is 91.2 Å². The number of carbonyl (C=O) groups is 1. The molecular formula is C31H46N4O2S. The number of allylic oxidation sites excluding steroid dienone is 1. The van der Waals surface area contributed by atoms with Gasteiger partial charge in [0.2, 0.25) is 0 Å². The van der Waals surface area contributed by atoms with Gasteiger partial charge in [-0.3, -0.25) is 9.59 Å². The maximum Gasteiger partial charge on any atom is 0.255 e. The van der Waals surface area contributed by atoms with Crippen molar-refractivity contribution in [2.24, 2.45) is 17.6 Å². The average molecular weight is 539 g/mol. The summed E-state index contributed by atoms with van der Waals surface area (Å²) >= 11 is 1.86. The summed E-state index contributed by atoms with van der Waals surface area (Å²) in [5.74, 6) is 1.93. The number of carbonyl (C=O) groups excluding carboxylic acids is 1. The minimum absolute atomic E-state index is 0.0817. The van der Waals surface area contributed by atoms with Crippen LogP contribution in [0, 0.1) is 32.6 Å². The molecule has 0 aromatic carbocycles. The van der Waals surface area contributed by atoms with Gasteiger partial charge >= 0.3 is 0 Å². The fourth-order valence-corrected chi connectivity index (χ4v) is 7.89. The van der Waals surface area contributed by atoms with Gasteiger partial charge in [0.25, 0.3) is 11.5 Å². The molecular weight excluding hydrogens is 492 g/mol. The van der Waals surface area contributed by atoms with Crippen LogP contribution in [0.5, 0.6) is 0 Å². The second-order valence-electron chi connectivity index (χ2n) is 11.9. The van der Waals surface area contributed by atoms with E-state index in [2.05, 4.69) is 44.2 Å². The van der Waals surface area contributed by atoms with E-state index in [4.69, 9.17) is 5.73 Å². The normalized spacial score (nSPS) is 21.1. The van der Waals surface area contributed by atoms with Gasteiger partial charge in [0, 0.05) is 46.6 Å². The van der Waals surface area contributed by atoms with E-state index in [-0.39, 0.29) is 11.5 Å². The van der Waals surface area contributed by atoms with Crippen LogP contribution < -0.4 is 16.6 Å². The predicted octanol–water partition coefficient (Wildman–Crippen LogP) is 5.70. The van der Waals surface area contributed by atoms with Gasteiger partial charge in [-0.05, 0) is 95.0 Å². The minimum atomic E-state index is -0.0847. The molecule has 0 bridgehead atoms.